The number of hydrogen-bond acceptors (Lipinski definition) is 5. The Morgan fingerprint density at radius 1 is 1.29 bits per heavy atom. The van der Waals surface area contributed by atoms with Crippen molar-refractivity contribution in [3.63, 3.8) is 0 Å². The van der Waals surface area contributed by atoms with Gasteiger partial charge in [-0.1, -0.05) is 5.16 Å². The fourth-order valence-corrected chi connectivity index (χ4v) is 3.34. The van der Waals surface area contributed by atoms with E-state index in [9.17, 15) is 12.8 Å². The minimum absolute atomic E-state index is 0.355. The minimum atomic E-state index is -3.12. The van der Waals surface area contributed by atoms with Crippen LogP contribution in [0.3, 0.4) is 0 Å². The van der Waals surface area contributed by atoms with Gasteiger partial charge in [0.05, 0.1) is 6.26 Å². The molecule has 114 valence electrons. The van der Waals surface area contributed by atoms with Gasteiger partial charge in [0.2, 0.25) is 10.0 Å². The van der Waals surface area contributed by atoms with Crippen molar-refractivity contribution in [1.82, 2.24) is 14.4 Å². The van der Waals surface area contributed by atoms with Gasteiger partial charge in [0.15, 0.2) is 5.58 Å². The van der Waals surface area contributed by atoms with E-state index in [0.29, 0.717) is 38.3 Å². The fraction of sp³-hybridized carbons (Fsp3) is 0.462. The molecule has 2 aromatic rings. The Balaban J connectivity index is 1.70. The van der Waals surface area contributed by atoms with Gasteiger partial charge in [-0.15, -0.1) is 0 Å². The first-order valence-electron chi connectivity index (χ1n) is 6.65. The molecular weight excluding hydrogens is 297 g/mol. The summed E-state index contributed by atoms with van der Waals surface area (Å²) in [6, 6.07) is 4.35. The Hall–Kier alpha value is -1.51. The Kier molecular flexibility index (Phi) is 3.68. The maximum Gasteiger partial charge on any atom is 0.211 e. The van der Waals surface area contributed by atoms with Crippen molar-refractivity contribution in [3.05, 3.63) is 29.7 Å². The molecule has 1 fully saturated rings. The van der Waals surface area contributed by atoms with Gasteiger partial charge < -0.3 is 4.52 Å². The number of fused-ring (bicyclic) bond motifs is 1. The second-order valence-electron chi connectivity index (χ2n) is 5.21. The van der Waals surface area contributed by atoms with Gasteiger partial charge in [-0.05, 0) is 12.1 Å². The van der Waals surface area contributed by atoms with E-state index in [2.05, 4.69) is 10.1 Å². The summed E-state index contributed by atoms with van der Waals surface area (Å²) in [5, 5.41) is 4.78. The van der Waals surface area contributed by atoms with Crippen molar-refractivity contribution in [1.29, 1.82) is 0 Å². The van der Waals surface area contributed by atoms with Crippen LogP contribution in [0.15, 0.2) is 22.7 Å². The van der Waals surface area contributed by atoms with E-state index in [1.54, 1.807) is 6.07 Å². The molecule has 1 aromatic carbocycles. The summed E-state index contributed by atoms with van der Waals surface area (Å²) >= 11 is 0. The molecule has 0 amide bonds. The van der Waals surface area contributed by atoms with Crippen molar-refractivity contribution in [2.45, 2.75) is 6.54 Å². The van der Waals surface area contributed by atoms with E-state index < -0.39 is 10.0 Å². The summed E-state index contributed by atoms with van der Waals surface area (Å²) in [4.78, 5) is 2.11. The predicted octanol–water partition coefficient (Wildman–Crippen LogP) is 1.04. The SMILES string of the molecule is CS(=O)(=O)N1CCN(Cc2noc3cc(F)ccc23)CC1. The third-order valence-electron chi connectivity index (χ3n) is 3.68. The molecule has 0 spiro atoms. The van der Waals surface area contributed by atoms with Crippen molar-refractivity contribution < 1.29 is 17.3 Å². The maximum absolute atomic E-state index is 13.1. The number of piperazine rings is 1. The minimum Gasteiger partial charge on any atom is -0.356 e. The molecule has 0 saturated carbocycles. The average molecular weight is 313 g/mol. The third-order valence-corrected chi connectivity index (χ3v) is 4.99. The molecule has 0 bridgehead atoms. The first-order valence-corrected chi connectivity index (χ1v) is 8.49. The molecule has 0 radical (unpaired) electrons. The zero-order valence-corrected chi connectivity index (χ0v) is 12.4. The Morgan fingerprint density at radius 3 is 2.67 bits per heavy atom. The average Bonchev–Trinajstić information content (AvgIpc) is 2.80. The van der Waals surface area contributed by atoms with Crippen LogP contribution < -0.4 is 0 Å². The van der Waals surface area contributed by atoms with Gasteiger partial charge in [-0.25, -0.2) is 12.8 Å². The summed E-state index contributed by atoms with van der Waals surface area (Å²) in [5.74, 6) is -0.355. The summed E-state index contributed by atoms with van der Waals surface area (Å²) in [5.41, 5.74) is 1.18. The molecule has 21 heavy (non-hydrogen) atoms. The van der Waals surface area contributed by atoms with Crippen LogP contribution >= 0.6 is 0 Å². The molecule has 1 aliphatic rings. The molecule has 0 unspecified atom stereocenters. The van der Waals surface area contributed by atoms with Gasteiger partial charge in [-0.2, -0.15) is 4.31 Å². The highest BCUT2D eigenvalue weighted by Crippen LogP contribution is 2.21. The standard InChI is InChI=1S/C13H16FN3O3S/c1-21(18,19)17-6-4-16(5-7-17)9-12-11-3-2-10(14)8-13(11)20-15-12/h2-3,8H,4-7,9H2,1H3. The summed E-state index contributed by atoms with van der Waals surface area (Å²) in [6.07, 6.45) is 1.22. The number of hydrogen-bond donors (Lipinski definition) is 0. The highest BCUT2D eigenvalue weighted by Gasteiger charge is 2.24. The van der Waals surface area contributed by atoms with E-state index in [0.717, 1.165) is 11.1 Å². The largest absolute Gasteiger partial charge is 0.356 e. The molecular formula is C13H16FN3O3S. The van der Waals surface area contributed by atoms with Crippen molar-refractivity contribution in [3.8, 4) is 0 Å². The van der Waals surface area contributed by atoms with Crippen LogP contribution in [0.5, 0.6) is 0 Å². The Morgan fingerprint density at radius 2 is 2.00 bits per heavy atom. The lowest BCUT2D eigenvalue weighted by Gasteiger charge is -2.32. The van der Waals surface area contributed by atoms with Crippen molar-refractivity contribution in [2.75, 3.05) is 32.4 Å². The van der Waals surface area contributed by atoms with Gasteiger partial charge in [0, 0.05) is 44.2 Å². The van der Waals surface area contributed by atoms with Crippen LogP contribution in [0.2, 0.25) is 0 Å². The number of aromatic nitrogens is 1. The van der Waals surface area contributed by atoms with Crippen LogP contribution in [-0.2, 0) is 16.6 Å². The topological polar surface area (TPSA) is 66.7 Å². The number of sulfonamides is 1. The number of rotatable bonds is 3. The van der Waals surface area contributed by atoms with Crippen LogP contribution in [0, 0.1) is 5.82 Å². The second kappa shape index (κ2) is 5.36. The van der Waals surface area contributed by atoms with Crippen LogP contribution in [0.1, 0.15) is 5.69 Å². The number of benzene rings is 1. The van der Waals surface area contributed by atoms with Crippen molar-refractivity contribution in [2.24, 2.45) is 0 Å². The molecule has 2 heterocycles. The van der Waals surface area contributed by atoms with E-state index in [1.165, 1.54) is 22.7 Å². The monoisotopic (exact) mass is 313 g/mol. The normalized spacial score (nSPS) is 18.4. The van der Waals surface area contributed by atoms with Gasteiger partial charge in [0.1, 0.15) is 11.5 Å². The molecule has 1 aromatic heterocycles. The third kappa shape index (κ3) is 3.07. The Bertz CT molecular complexity index is 751. The molecule has 0 aliphatic carbocycles. The highest BCUT2D eigenvalue weighted by molar-refractivity contribution is 7.88. The molecule has 1 saturated heterocycles. The van der Waals surface area contributed by atoms with E-state index in [4.69, 9.17) is 4.52 Å². The zero-order valence-electron chi connectivity index (χ0n) is 11.6. The highest BCUT2D eigenvalue weighted by atomic mass is 32.2. The quantitative estimate of drug-likeness (QED) is 0.847. The van der Waals surface area contributed by atoms with Crippen LogP contribution in [0.25, 0.3) is 11.0 Å². The molecule has 8 heteroatoms. The lowest BCUT2D eigenvalue weighted by Crippen LogP contribution is -2.47. The number of nitrogens with zero attached hydrogens (tertiary/aromatic N) is 3. The first-order chi connectivity index (χ1) is 9.93. The Labute approximate surface area is 122 Å². The summed E-state index contributed by atoms with van der Waals surface area (Å²) in [6.45, 7) is 2.80. The van der Waals surface area contributed by atoms with Gasteiger partial charge in [-0.3, -0.25) is 4.90 Å². The lowest BCUT2D eigenvalue weighted by atomic mass is 10.2. The van der Waals surface area contributed by atoms with E-state index in [-0.39, 0.29) is 5.82 Å². The van der Waals surface area contributed by atoms with Gasteiger partial charge in [0.25, 0.3) is 0 Å². The predicted molar refractivity (Wildman–Crippen MR) is 75.7 cm³/mol. The van der Waals surface area contributed by atoms with Crippen LogP contribution in [-0.4, -0.2) is 55.2 Å². The fourth-order valence-electron chi connectivity index (χ4n) is 2.51. The maximum atomic E-state index is 13.1. The second-order valence-corrected chi connectivity index (χ2v) is 7.19. The summed E-state index contributed by atoms with van der Waals surface area (Å²) in [7, 11) is -3.12. The molecule has 6 nitrogen and oxygen atoms in total. The molecule has 1 aliphatic heterocycles. The van der Waals surface area contributed by atoms with Gasteiger partial charge >= 0.3 is 0 Å². The van der Waals surface area contributed by atoms with Crippen LogP contribution in [0.4, 0.5) is 4.39 Å². The molecule has 0 N–H and O–H groups in total. The zero-order chi connectivity index (χ0) is 15.0. The summed E-state index contributed by atoms with van der Waals surface area (Å²) < 4.78 is 42.6. The lowest BCUT2D eigenvalue weighted by molar-refractivity contribution is 0.179. The van der Waals surface area contributed by atoms with Crippen molar-refractivity contribution >= 4 is 21.0 Å². The first kappa shape index (κ1) is 14.4. The van der Waals surface area contributed by atoms with E-state index >= 15 is 0 Å². The molecule has 0 atom stereocenters. The molecule has 3 rings (SSSR count). The smallest absolute Gasteiger partial charge is 0.211 e. The van der Waals surface area contributed by atoms with E-state index in [1.807, 2.05) is 0 Å². The number of halogens is 1.